The van der Waals surface area contributed by atoms with Crippen molar-refractivity contribution in [1.29, 1.82) is 0 Å². The molecule has 1 unspecified atom stereocenters. The van der Waals surface area contributed by atoms with Crippen LogP contribution in [-0.2, 0) is 11.3 Å². The molecule has 0 aliphatic carbocycles. The molecule has 3 amide bonds. The first-order valence-corrected chi connectivity index (χ1v) is 10.8. The number of likely N-dealkylation sites (tertiary alicyclic amines) is 1. The van der Waals surface area contributed by atoms with Crippen molar-refractivity contribution < 1.29 is 9.59 Å². The van der Waals surface area contributed by atoms with Gasteiger partial charge in [0.2, 0.25) is 5.91 Å². The van der Waals surface area contributed by atoms with Crippen molar-refractivity contribution in [3.63, 3.8) is 0 Å². The van der Waals surface area contributed by atoms with E-state index >= 15 is 0 Å². The van der Waals surface area contributed by atoms with E-state index < -0.39 is 0 Å². The standard InChI is InChI=1S/C22H36N6O2/c1-6-23-21(26-19-11-12-28(14-19)20(29)15(2)3)24-13-17-7-9-18(10-8-17)27-22(30)25-16(4)5/h7-10,15-16,19H,6,11-14H2,1-5H3,(H2,23,24,26)(H2,25,27,30). The third-order valence-corrected chi connectivity index (χ3v) is 4.73. The number of carbonyl (C=O) groups is 2. The van der Waals surface area contributed by atoms with Crippen LogP contribution in [0.15, 0.2) is 29.3 Å². The maximum Gasteiger partial charge on any atom is 0.319 e. The lowest BCUT2D eigenvalue weighted by Gasteiger charge is -2.20. The summed E-state index contributed by atoms with van der Waals surface area (Å²) in [7, 11) is 0. The van der Waals surface area contributed by atoms with Crippen LogP contribution in [0, 0.1) is 5.92 Å². The second kappa shape index (κ2) is 11.4. The number of nitrogens with one attached hydrogen (secondary N) is 4. The number of anilines is 1. The molecule has 1 aromatic carbocycles. The molecular weight excluding hydrogens is 380 g/mol. The summed E-state index contributed by atoms with van der Waals surface area (Å²) in [6.45, 7) is 12.5. The molecule has 1 aromatic rings. The van der Waals surface area contributed by atoms with Gasteiger partial charge in [0.15, 0.2) is 5.96 Å². The molecule has 1 saturated heterocycles. The van der Waals surface area contributed by atoms with Gasteiger partial charge in [-0.25, -0.2) is 9.79 Å². The average Bonchev–Trinajstić information content (AvgIpc) is 3.14. The molecule has 0 radical (unpaired) electrons. The molecule has 0 saturated carbocycles. The molecule has 1 atom stereocenters. The predicted octanol–water partition coefficient (Wildman–Crippen LogP) is 2.53. The van der Waals surface area contributed by atoms with Gasteiger partial charge >= 0.3 is 6.03 Å². The highest BCUT2D eigenvalue weighted by molar-refractivity contribution is 5.89. The molecule has 1 heterocycles. The van der Waals surface area contributed by atoms with Crippen molar-refractivity contribution in [2.45, 2.75) is 59.7 Å². The van der Waals surface area contributed by atoms with Crippen molar-refractivity contribution in [3.05, 3.63) is 29.8 Å². The average molecular weight is 417 g/mol. The fraction of sp³-hybridized carbons (Fsp3) is 0.591. The van der Waals surface area contributed by atoms with Gasteiger partial charge in [0, 0.05) is 43.3 Å². The Morgan fingerprint density at radius 3 is 2.47 bits per heavy atom. The Balaban J connectivity index is 1.90. The van der Waals surface area contributed by atoms with Crippen LogP contribution in [0.2, 0.25) is 0 Å². The zero-order valence-electron chi connectivity index (χ0n) is 18.8. The van der Waals surface area contributed by atoms with Gasteiger partial charge < -0.3 is 26.2 Å². The zero-order valence-corrected chi connectivity index (χ0v) is 18.8. The third kappa shape index (κ3) is 7.57. The van der Waals surface area contributed by atoms with Crippen LogP contribution in [-0.4, -0.2) is 54.5 Å². The van der Waals surface area contributed by atoms with E-state index in [1.807, 2.05) is 63.8 Å². The number of amides is 3. The Morgan fingerprint density at radius 1 is 1.17 bits per heavy atom. The largest absolute Gasteiger partial charge is 0.357 e. The zero-order chi connectivity index (χ0) is 22.1. The number of aliphatic imine (C=N–C) groups is 1. The van der Waals surface area contributed by atoms with E-state index in [1.54, 1.807) is 0 Å². The van der Waals surface area contributed by atoms with Gasteiger partial charge in [-0.2, -0.15) is 0 Å². The monoisotopic (exact) mass is 416 g/mol. The summed E-state index contributed by atoms with van der Waals surface area (Å²) in [4.78, 5) is 30.6. The summed E-state index contributed by atoms with van der Waals surface area (Å²) in [5, 5.41) is 12.3. The Hall–Kier alpha value is -2.77. The second-order valence-corrected chi connectivity index (χ2v) is 8.21. The maximum atomic E-state index is 12.2. The second-order valence-electron chi connectivity index (χ2n) is 8.21. The van der Waals surface area contributed by atoms with Gasteiger partial charge in [-0.05, 0) is 44.9 Å². The molecule has 0 spiro atoms. The normalized spacial score (nSPS) is 16.7. The molecule has 1 fully saturated rings. The number of benzene rings is 1. The van der Waals surface area contributed by atoms with Crippen molar-refractivity contribution in [1.82, 2.24) is 20.9 Å². The van der Waals surface area contributed by atoms with E-state index in [0.29, 0.717) is 13.1 Å². The Bertz CT molecular complexity index is 730. The van der Waals surface area contributed by atoms with E-state index in [2.05, 4.69) is 26.3 Å². The number of nitrogens with zero attached hydrogens (tertiary/aromatic N) is 2. The summed E-state index contributed by atoms with van der Waals surface area (Å²) in [5.74, 6) is 0.983. The van der Waals surface area contributed by atoms with Crippen LogP contribution >= 0.6 is 0 Å². The van der Waals surface area contributed by atoms with E-state index in [1.165, 1.54) is 0 Å². The molecule has 0 aromatic heterocycles. The van der Waals surface area contributed by atoms with Crippen LogP contribution in [0.3, 0.4) is 0 Å². The van der Waals surface area contributed by atoms with Crippen LogP contribution in [0.5, 0.6) is 0 Å². The molecule has 8 nitrogen and oxygen atoms in total. The maximum absolute atomic E-state index is 12.2. The highest BCUT2D eigenvalue weighted by Gasteiger charge is 2.27. The number of guanidine groups is 1. The number of urea groups is 1. The first kappa shape index (κ1) is 23.5. The lowest BCUT2D eigenvalue weighted by Crippen LogP contribution is -2.45. The summed E-state index contributed by atoms with van der Waals surface area (Å²) in [5.41, 5.74) is 1.79. The molecule has 1 aliphatic heterocycles. The number of hydrogen-bond acceptors (Lipinski definition) is 3. The first-order valence-electron chi connectivity index (χ1n) is 10.8. The Morgan fingerprint density at radius 2 is 1.87 bits per heavy atom. The SMILES string of the molecule is CCNC(=NCc1ccc(NC(=O)NC(C)C)cc1)NC1CCN(C(=O)C(C)C)C1. The summed E-state index contributed by atoms with van der Waals surface area (Å²) >= 11 is 0. The van der Waals surface area contributed by atoms with Gasteiger partial charge in [0.05, 0.1) is 6.54 Å². The molecule has 166 valence electrons. The Labute approximate surface area is 179 Å². The fourth-order valence-corrected chi connectivity index (χ4v) is 3.25. The first-order chi connectivity index (χ1) is 14.3. The van der Waals surface area contributed by atoms with Crippen LogP contribution in [0.25, 0.3) is 0 Å². The van der Waals surface area contributed by atoms with E-state index in [9.17, 15) is 9.59 Å². The van der Waals surface area contributed by atoms with E-state index in [-0.39, 0.29) is 29.9 Å². The number of carbonyl (C=O) groups excluding carboxylic acids is 2. The minimum atomic E-state index is -0.212. The highest BCUT2D eigenvalue weighted by atomic mass is 16.2. The molecule has 0 bridgehead atoms. The number of hydrogen-bond donors (Lipinski definition) is 4. The molecule has 8 heteroatoms. The lowest BCUT2D eigenvalue weighted by atomic mass is 10.2. The highest BCUT2D eigenvalue weighted by Crippen LogP contribution is 2.13. The molecule has 2 rings (SSSR count). The van der Waals surface area contributed by atoms with Gasteiger partial charge in [0.25, 0.3) is 0 Å². The van der Waals surface area contributed by atoms with Crippen molar-refractivity contribution in [2.75, 3.05) is 25.0 Å². The van der Waals surface area contributed by atoms with Crippen molar-refractivity contribution in [2.24, 2.45) is 10.9 Å². The molecule has 4 N–H and O–H groups in total. The lowest BCUT2D eigenvalue weighted by molar-refractivity contribution is -0.133. The quantitative estimate of drug-likeness (QED) is 0.406. The van der Waals surface area contributed by atoms with Gasteiger partial charge in [-0.1, -0.05) is 26.0 Å². The van der Waals surface area contributed by atoms with Crippen LogP contribution in [0.1, 0.15) is 46.6 Å². The summed E-state index contributed by atoms with van der Waals surface area (Å²) < 4.78 is 0. The van der Waals surface area contributed by atoms with Gasteiger partial charge in [-0.3, -0.25) is 4.79 Å². The molecule has 30 heavy (non-hydrogen) atoms. The Kier molecular flexibility index (Phi) is 8.95. The van der Waals surface area contributed by atoms with Gasteiger partial charge in [0.1, 0.15) is 0 Å². The van der Waals surface area contributed by atoms with Gasteiger partial charge in [-0.15, -0.1) is 0 Å². The van der Waals surface area contributed by atoms with Crippen molar-refractivity contribution in [3.8, 4) is 0 Å². The topological polar surface area (TPSA) is 97.9 Å². The smallest absolute Gasteiger partial charge is 0.319 e. The molecule has 1 aliphatic rings. The number of rotatable bonds is 7. The summed E-state index contributed by atoms with van der Waals surface area (Å²) in [6, 6.07) is 7.74. The van der Waals surface area contributed by atoms with E-state index in [4.69, 9.17) is 0 Å². The minimum absolute atomic E-state index is 0.0274. The minimum Gasteiger partial charge on any atom is -0.357 e. The third-order valence-electron chi connectivity index (χ3n) is 4.73. The van der Waals surface area contributed by atoms with Crippen LogP contribution < -0.4 is 21.3 Å². The predicted molar refractivity (Wildman–Crippen MR) is 122 cm³/mol. The summed E-state index contributed by atoms with van der Waals surface area (Å²) in [6.07, 6.45) is 0.918. The fourth-order valence-electron chi connectivity index (χ4n) is 3.25. The van der Waals surface area contributed by atoms with Crippen LogP contribution in [0.4, 0.5) is 10.5 Å². The van der Waals surface area contributed by atoms with Crippen molar-refractivity contribution >= 4 is 23.6 Å². The van der Waals surface area contributed by atoms with E-state index in [0.717, 1.165) is 36.7 Å². The molecular formula is C22H36N6O2.